The molecule has 0 amide bonds. The Morgan fingerprint density at radius 3 is 2.55 bits per heavy atom. The van der Waals surface area contributed by atoms with E-state index in [-0.39, 0.29) is 11.4 Å². The third-order valence-electron chi connectivity index (χ3n) is 2.96. The number of hydrogen-bond acceptors (Lipinski definition) is 5. The molecule has 0 spiro atoms. The van der Waals surface area contributed by atoms with Crippen molar-refractivity contribution in [1.29, 1.82) is 0 Å². The lowest BCUT2D eigenvalue weighted by molar-refractivity contribution is 0.0476. The van der Waals surface area contributed by atoms with Crippen LogP contribution in [0.4, 0.5) is 5.69 Å². The zero-order valence-electron chi connectivity index (χ0n) is 11.3. The molecule has 2 N–H and O–H groups in total. The van der Waals surface area contributed by atoms with Gasteiger partial charge in [0.25, 0.3) is 0 Å². The van der Waals surface area contributed by atoms with Gasteiger partial charge in [0.1, 0.15) is 11.4 Å². The lowest BCUT2D eigenvalue weighted by Crippen LogP contribution is -2.30. The van der Waals surface area contributed by atoms with Crippen LogP contribution in [-0.4, -0.2) is 26.3 Å². The summed E-state index contributed by atoms with van der Waals surface area (Å²) < 4.78 is 28.5. The van der Waals surface area contributed by atoms with Gasteiger partial charge in [-0.15, -0.1) is 0 Å². The fourth-order valence-corrected chi connectivity index (χ4v) is 2.74. The molecule has 0 aliphatic heterocycles. The second-order valence-corrected chi connectivity index (χ2v) is 6.86. The van der Waals surface area contributed by atoms with Crippen LogP contribution in [0.1, 0.15) is 12.7 Å². The normalized spacial score (nSPS) is 14.8. The summed E-state index contributed by atoms with van der Waals surface area (Å²) in [5, 5.41) is 13.3. The zero-order valence-corrected chi connectivity index (χ0v) is 12.1. The molecule has 0 saturated carbocycles. The van der Waals surface area contributed by atoms with Gasteiger partial charge in [0, 0.05) is 6.26 Å². The van der Waals surface area contributed by atoms with Crippen molar-refractivity contribution in [3.63, 3.8) is 0 Å². The van der Waals surface area contributed by atoms with Crippen molar-refractivity contribution >= 4 is 15.5 Å². The highest BCUT2D eigenvalue weighted by molar-refractivity contribution is 7.90. The van der Waals surface area contributed by atoms with E-state index in [0.29, 0.717) is 11.4 Å². The van der Waals surface area contributed by atoms with Crippen LogP contribution in [0.25, 0.3) is 0 Å². The van der Waals surface area contributed by atoms with Crippen molar-refractivity contribution in [3.8, 4) is 0 Å². The first-order chi connectivity index (χ1) is 9.31. The van der Waals surface area contributed by atoms with E-state index in [1.807, 2.05) is 0 Å². The summed E-state index contributed by atoms with van der Waals surface area (Å²) in [6.07, 6.45) is 2.63. The lowest BCUT2D eigenvalue weighted by Gasteiger charge is -2.22. The Bertz CT molecular complexity index is 675. The Labute approximate surface area is 118 Å². The number of hydrogen-bond donors (Lipinski definition) is 2. The van der Waals surface area contributed by atoms with Crippen molar-refractivity contribution in [2.45, 2.75) is 17.4 Å². The summed E-state index contributed by atoms with van der Waals surface area (Å²) in [7, 11) is -3.32. The second-order valence-electron chi connectivity index (χ2n) is 4.87. The Morgan fingerprint density at radius 1 is 1.25 bits per heavy atom. The molecule has 0 aliphatic carbocycles. The van der Waals surface area contributed by atoms with Crippen molar-refractivity contribution in [3.05, 3.63) is 48.4 Å². The maximum absolute atomic E-state index is 11.7. The van der Waals surface area contributed by atoms with Crippen LogP contribution in [0.3, 0.4) is 0 Å². The van der Waals surface area contributed by atoms with Crippen molar-refractivity contribution < 1.29 is 17.9 Å². The first-order valence-corrected chi connectivity index (χ1v) is 7.99. The first-order valence-electron chi connectivity index (χ1n) is 6.10. The molecule has 5 nitrogen and oxygen atoms in total. The molecule has 6 heteroatoms. The average Bonchev–Trinajstić information content (AvgIpc) is 2.90. The molecular formula is C14H17NO4S. The molecule has 0 saturated heterocycles. The number of sulfone groups is 1. The number of anilines is 1. The molecule has 1 aromatic carbocycles. The van der Waals surface area contributed by atoms with E-state index in [1.54, 1.807) is 37.3 Å². The van der Waals surface area contributed by atoms with Gasteiger partial charge in [-0.25, -0.2) is 8.42 Å². The number of rotatable bonds is 5. The van der Waals surface area contributed by atoms with Crippen LogP contribution in [-0.2, 0) is 15.4 Å². The SMILES string of the molecule is CC(O)(CNc1ccccc1S(C)(=O)=O)c1ccco1. The van der Waals surface area contributed by atoms with E-state index in [4.69, 9.17) is 4.42 Å². The van der Waals surface area contributed by atoms with Gasteiger partial charge in [0.05, 0.1) is 23.4 Å². The molecule has 0 fully saturated rings. The number of benzene rings is 1. The number of aliphatic hydroxyl groups is 1. The van der Waals surface area contributed by atoms with Crippen LogP contribution >= 0.6 is 0 Å². The monoisotopic (exact) mass is 295 g/mol. The van der Waals surface area contributed by atoms with Gasteiger partial charge in [-0.1, -0.05) is 12.1 Å². The maximum atomic E-state index is 11.7. The Kier molecular flexibility index (Phi) is 3.87. The smallest absolute Gasteiger partial charge is 0.177 e. The van der Waals surface area contributed by atoms with Gasteiger partial charge in [0.2, 0.25) is 0 Å². The summed E-state index contributed by atoms with van der Waals surface area (Å²) >= 11 is 0. The first kappa shape index (κ1) is 14.6. The van der Waals surface area contributed by atoms with Crippen molar-refractivity contribution in [2.24, 2.45) is 0 Å². The van der Waals surface area contributed by atoms with Crippen molar-refractivity contribution in [2.75, 3.05) is 18.1 Å². The van der Waals surface area contributed by atoms with E-state index < -0.39 is 15.4 Å². The molecule has 1 unspecified atom stereocenters. The fourth-order valence-electron chi connectivity index (χ4n) is 1.88. The third kappa shape index (κ3) is 3.20. The standard InChI is InChI=1S/C14H17NO4S/c1-14(16,13-8-5-9-19-13)10-15-11-6-3-4-7-12(11)20(2,17)18/h3-9,15-16H,10H2,1-2H3. The van der Waals surface area contributed by atoms with Gasteiger partial charge in [-0.05, 0) is 31.2 Å². The number of para-hydroxylation sites is 1. The highest BCUT2D eigenvalue weighted by atomic mass is 32.2. The summed E-state index contributed by atoms with van der Waals surface area (Å²) in [4.78, 5) is 0.204. The topological polar surface area (TPSA) is 79.5 Å². The molecule has 1 heterocycles. The predicted octanol–water partition coefficient (Wildman–Crippen LogP) is 2.00. The summed E-state index contributed by atoms with van der Waals surface area (Å²) in [6, 6.07) is 9.94. The highest BCUT2D eigenvalue weighted by Gasteiger charge is 2.26. The fraction of sp³-hybridized carbons (Fsp3) is 0.286. The molecule has 0 radical (unpaired) electrons. The number of nitrogens with one attached hydrogen (secondary N) is 1. The lowest BCUT2D eigenvalue weighted by atomic mass is 10.0. The summed E-state index contributed by atoms with van der Waals surface area (Å²) in [5.41, 5.74) is -0.768. The molecule has 108 valence electrons. The minimum Gasteiger partial charge on any atom is -0.466 e. The van der Waals surface area contributed by atoms with Gasteiger partial charge in [0.15, 0.2) is 9.84 Å². The van der Waals surface area contributed by atoms with Crippen LogP contribution in [0.2, 0.25) is 0 Å². The average molecular weight is 295 g/mol. The molecule has 2 rings (SSSR count). The summed E-state index contributed by atoms with van der Waals surface area (Å²) in [6.45, 7) is 1.73. The highest BCUT2D eigenvalue weighted by Crippen LogP contribution is 2.25. The molecule has 20 heavy (non-hydrogen) atoms. The third-order valence-corrected chi connectivity index (χ3v) is 4.12. The summed E-state index contributed by atoms with van der Waals surface area (Å²) in [5.74, 6) is 0.418. The minimum atomic E-state index is -3.32. The Morgan fingerprint density at radius 2 is 1.95 bits per heavy atom. The second kappa shape index (κ2) is 5.30. The molecule has 0 aliphatic rings. The Balaban J connectivity index is 2.20. The molecule has 2 aromatic rings. The predicted molar refractivity (Wildman–Crippen MR) is 76.3 cm³/mol. The van der Waals surface area contributed by atoms with Crippen LogP contribution < -0.4 is 5.32 Å². The Hall–Kier alpha value is -1.79. The van der Waals surface area contributed by atoms with Gasteiger partial charge in [-0.2, -0.15) is 0 Å². The molecule has 0 bridgehead atoms. The van der Waals surface area contributed by atoms with E-state index in [2.05, 4.69) is 5.32 Å². The van der Waals surface area contributed by atoms with Crippen LogP contribution in [0.15, 0.2) is 52.0 Å². The molecule has 1 aromatic heterocycles. The van der Waals surface area contributed by atoms with Gasteiger partial charge >= 0.3 is 0 Å². The van der Waals surface area contributed by atoms with E-state index in [1.165, 1.54) is 12.3 Å². The van der Waals surface area contributed by atoms with Crippen LogP contribution in [0.5, 0.6) is 0 Å². The van der Waals surface area contributed by atoms with Gasteiger partial charge < -0.3 is 14.8 Å². The zero-order chi connectivity index (χ0) is 14.8. The quantitative estimate of drug-likeness (QED) is 0.882. The molecule has 1 atom stereocenters. The van der Waals surface area contributed by atoms with Crippen LogP contribution in [0, 0.1) is 0 Å². The number of furan rings is 1. The molecular weight excluding hydrogens is 278 g/mol. The largest absolute Gasteiger partial charge is 0.466 e. The van der Waals surface area contributed by atoms with Crippen molar-refractivity contribution in [1.82, 2.24) is 0 Å². The van der Waals surface area contributed by atoms with E-state index in [9.17, 15) is 13.5 Å². The van der Waals surface area contributed by atoms with Gasteiger partial charge in [-0.3, -0.25) is 0 Å². The van der Waals surface area contributed by atoms with E-state index in [0.717, 1.165) is 6.26 Å². The minimum absolute atomic E-state index is 0.132. The van der Waals surface area contributed by atoms with E-state index >= 15 is 0 Å². The maximum Gasteiger partial charge on any atom is 0.177 e.